The molecular weight excluding hydrogens is 266 g/mol. The zero-order valence-corrected chi connectivity index (χ0v) is 12.8. The van der Waals surface area contributed by atoms with Gasteiger partial charge in [-0.3, -0.25) is 0 Å². The largest absolute Gasteiger partial charge is 0.397 e. The third kappa shape index (κ3) is 6.80. The van der Waals surface area contributed by atoms with E-state index in [9.17, 15) is 8.78 Å². The van der Waals surface area contributed by atoms with Gasteiger partial charge in [-0.05, 0) is 43.0 Å². The Hall–Kier alpha value is -0.783. The van der Waals surface area contributed by atoms with E-state index < -0.39 is 20.9 Å². The standard InChI is InChI=1S/C14H22F2O2Si/c1-3-6-17-19(18-7-4-2)8-5-12-9-13(15)11-14(16)10-12/h9-11,19H,3-8H2,1-2H3. The summed E-state index contributed by atoms with van der Waals surface area (Å²) in [6.07, 6.45) is 2.50. The Morgan fingerprint density at radius 2 is 1.47 bits per heavy atom. The molecule has 0 unspecified atom stereocenters. The van der Waals surface area contributed by atoms with Gasteiger partial charge in [0.2, 0.25) is 0 Å². The van der Waals surface area contributed by atoms with E-state index in [1.54, 1.807) is 0 Å². The van der Waals surface area contributed by atoms with Crippen LogP contribution in [0.1, 0.15) is 32.3 Å². The van der Waals surface area contributed by atoms with Crippen LogP contribution in [0.15, 0.2) is 18.2 Å². The smallest absolute Gasteiger partial charge is 0.321 e. The Morgan fingerprint density at radius 3 is 1.95 bits per heavy atom. The van der Waals surface area contributed by atoms with Crippen LogP contribution in [0.2, 0.25) is 6.04 Å². The molecule has 5 heteroatoms. The summed E-state index contributed by atoms with van der Waals surface area (Å²) < 4.78 is 37.5. The van der Waals surface area contributed by atoms with E-state index in [4.69, 9.17) is 8.85 Å². The van der Waals surface area contributed by atoms with E-state index in [0.717, 1.165) is 25.0 Å². The highest BCUT2D eigenvalue weighted by atomic mass is 28.3. The van der Waals surface area contributed by atoms with Crippen molar-refractivity contribution < 1.29 is 17.6 Å². The van der Waals surface area contributed by atoms with Gasteiger partial charge in [-0.15, -0.1) is 0 Å². The van der Waals surface area contributed by atoms with Crippen molar-refractivity contribution in [2.45, 2.75) is 39.2 Å². The molecule has 0 heterocycles. The SMILES string of the molecule is CCCO[SiH](CCc1cc(F)cc(F)c1)OCCC. The lowest BCUT2D eigenvalue weighted by Gasteiger charge is -2.16. The van der Waals surface area contributed by atoms with Gasteiger partial charge in [0.05, 0.1) is 0 Å². The molecule has 2 nitrogen and oxygen atoms in total. The molecule has 0 aliphatic carbocycles. The Balaban J connectivity index is 2.48. The summed E-state index contributed by atoms with van der Waals surface area (Å²) in [5.74, 6) is -1.06. The molecule has 1 aromatic carbocycles. The lowest BCUT2D eigenvalue weighted by Crippen LogP contribution is -2.24. The molecule has 1 aromatic rings. The van der Waals surface area contributed by atoms with Crippen molar-refractivity contribution in [1.82, 2.24) is 0 Å². The molecule has 0 atom stereocenters. The highest BCUT2D eigenvalue weighted by Crippen LogP contribution is 2.12. The van der Waals surface area contributed by atoms with Crippen LogP contribution in [0.5, 0.6) is 0 Å². The Kier molecular flexibility index (Phi) is 7.86. The lowest BCUT2D eigenvalue weighted by molar-refractivity contribution is 0.196. The van der Waals surface area contributed by atoms with E-state index in [1.165, 1.54) is 12.1 Å². The first-order chi connectivity index (χ1) is 9.15. The molecule has 1 rings (SSSR count). The summed E-state index contributed by atoms with van der Waals surface area (Å²) in [6.45, 7) is 5.48. The number of hydrogen-bond donors (Lipinski definition) is 0. The van der Waals surface area contributed by atoms with Crippen LogP contribution in [0.4, 0.5) is 8.78 Å². The van der Waals surface area contributed by atoms with Crippen molar-refractivity contribution in [2.75, 3.05) is 13.2 Å². The highest BCUT2D eigenvalue weighted by molar-refractivity contribution is 6.44. The molecule has 0 bridgehead atoms. The topological polar surface area (TPSA) is 18.5 Å². The quantitative estimate of drug-likeness (QED) is 0.647. The molecule has 0 N–H and O–H groups in total. The van der Waals surface area contributed by atoms with Gasteiger partial charge in [0.1, 0.15) is 11.6 Å². The van der Waals surface area contributed by atoms with Crippen LogP contribution in [-0.2, 0) is 15.3 Å². The van der Waals surface area contributed by atoms with Gasteiger partial charge in [-0.1, -0.05) is 13.8 Å². The molecule has 0 saturated heterocycles. The van der Waals surface area contributed by atoms with Crippen LogP contribution in [0, 0.1) is 11.6 Å². The van der Waals surface area contributed by atoms with Gasteiger partial charge in [0, 0.05) is 19.3 Å². The van der Waals surface area contributed by atoms with E-state index in [1.807, 2.05) is 13.8 Å². The first kappa shape index (κ1) is 16.3. The molecule has 19 heavy (non-hydrogen) atoms. The predicted octanol–water partition coefficient (Wildman–Crippen LogP) is 3.58. The van der Waals surface area contributed by atoms with Gasteiger partial charge < -0.3 is 8.85 Å². The number of rotatable bonds is 9. The molecule has 0 aromatic heterocycles. The second kappa shape index (κ2) is 9.17. The van der Waals surface area contributed by atoms with E-state index in [2.05, 4.69) is 0 Å². The summed E-state index contributed by atoms with van der Waals surface area (Å²) >= 11 is 0. The van der Waals surface area contributed by atoms with Gasteiger partial charge >= 0.3 is 9.28 Å². The average Bonchev–Trinajstić information content (AvgIpc) is 2.37. The first-order valence-electron chi connectivity index (χ1n) is 6.83. The normalized spacial score (nSPS) is 11.2. The zero-order chi connectivity index (χ0) is 14.1. The number of halogens is 2. The van der Waals surface area contributed by atoms with Gasteiger partial charge in [0.25, 0.3) is 0 Å². The van der Waals surface area contributed by atoms with Crippen LogP contribution in [-0.4, -0.2) is 22.5 Å². The molecule has 0 aliphatic heterocycles. The second-order valence-corrected chi connectivity index (χ2v) is 6.59. The fraction of sp³-hybridized carbons (Fsp3) is 0.571. The summed E-state index contributed by atoms with van der Waals surface area (Å²) in [6, 6.07) is 4.37. The van der Waals surface area contributed by atoms with Gasteiger partial charge in [-0.2, -0.15) is 0 Å². The zero-order valence-electron chi connectivity index (χ0n) is 11.6. The molecule has 0 amide bonds. The fourth-order valence-corrected chi connectivity index (χ4v) is 3.75. The minimum atomic E-state index is -1.72. The minimum absolute atomic E-state index is 0.530. The molecule has 0 radical (unpaired) electrons. The Bertz CT molecular complexity index is 346. The Labute approximate surface area is 115 Å². The predicted molar refractivity (Wildman–Crippen MR) is 74.5 cm³/mol. The van der Waals surface area contributed by atoms with E-state index in [-0.39, 0.29) is 0 Å². The highest BCUT2D eigenvalue weighted by Gasteiger charge is 2.13. The van der Waals surface area contributed by atoms with Crippen LogP contribution in [0.25, 0.3) is 0 Å². The maximum atomic E-state index is 13.1. The number of benzene rings is 1. The van der Waals surface area contributed by atoms with Crippen LogP contribution >= 0.6 is 0 Å². The summed E-state index contributed by atoms with van der Waals surface area (Å²) in [5, 5.41) is 0. The lowest BCUT2D eigenvalue weighted by atomic mass is 10.2. The van der Waals surface area contributed by atoms with E-state index >= 15 is 0 Å². The van der Waals surface area contributed by atoms with Crippen molar-refractivity contribution in [2.24, 2.45) is 0 Å². The Morgan fingerprint density at radius 1 is 0.947 bits per heavy atom. The minimum Gasteiger partial charge on any atom is -0.397 e. The first-order valence-corrected chi connectivity index (χ1v) is 8.59. The summed E-state index contributed by atoms with van der Waals surface area (Å²) in [7, 11) is -1.72. The monoisotopic (exact) mass is 288 g/mol. The van der Waals surface area contributed by atoms with Gasteiger partial charge in [0.15, 0.2) is 0 Å². The van der Waals surface area contributed by atoms with Crippen LogP contribution < -0.4 is 0 Å². The average molecular weight is 288 g/mol. The summed E-state index contributed by atoms with van der Waals surface area (Å²) in [4.78, 5) is 0. The van der Waals surface area contributed by atoms with Crippen LogP contribution in [0.3, 0.4) is 0 Å². The van der Waals surface area contributed by atoms with Crippen molar-refractivity contribution in [1.29, 1.82) is 0 Å². The van der Waals surface area contributed by atoms with Crippen molar-refractivity contribution in [3.05, 3.63) is 35.4 Å². The molecule has 0 saturated carbocycles. The molecule has 0 aliphatic rings. The van der Waals surface area contributed by atoms with E-state index in [0.29, 0.717) is 25.2 Å². The van der Waals surface area contributed by atoms with Crippen molar-refractivity contribution in [3.8, 4) is 0 Å². The second-order valence-electron chi connectivity index (χ2n) is 4.49. The summed E-state index contributed by atoms with van der Waals surface area (Å²) in [5.41, 5.74) is 0.662. The van der Waals surface area contributed by atoms with Crippen molar-refractivity contribution in [3.63, 3.8) is 0 Å². The maximum absolute atomic E-state index is 13.1. The number of hydrogen-bond acceptors (Lipinski definition) is 2. The molecule has 0 fully saturated rings. The number of aryl methyl sites for hydroxylation is 1. The fourth-order valence-electron chi connectivity index (χ4n) is 1.75. The van der Waals surface area contributed by atoms with Gasteiger partial charge in [-0.25, -0.2) is 8.78 Å². The maximum Gasteiger partial charge on any atom is 0.321 e. The molecule has 108 valence electrons. The molecular formula is C14H22F2O2Si. The molecule has 0 spiro atoms. The third-order valence-corrected chi connectivity index (χ3v) is 4.58. The van der Waals surface area contributed by atoms with Crippen molar-refractivity contribution >= 4 is 9.28 Å². The third-order valence-electron chi connectivity index (χ3n) is 2.61.